The van der Waals surface area contributed by atoms with Crippen molar-refractivity contribution in [2.45, 2.75) is 39.5 Å². The van der Waals surface area contributed by atoms with Crippen LogP contribution in [0.1, 0.15) is 39.5 Å². The Morgan fingerprint density at radius 2 is 1.64 bits per heavy atom. The molecule has 1 rings (SSSR count). The van der Waals surface area contributed by atoms with Gasteiger partial charge in [0.15, 0.2) is 0 Å². The highest BCUT2D eigenvalue weighted by molar-refractivity contribution is 9.11. The molecule has 6 heteroatoms. The van der Waals surface area contributed by atoms with Crippen LogP contribution in [-0.2, 0) is 14.3 Å². The lowest BCUT2D eigenvalue weighted by molar-refractivity contribution is -0.144. The molecule has 0 aromatic heterocycles. The first-order valence-electron chi connectivity index (χ1n) is 7.17. The average Bonchev–Trinajstić information content (AvgIpc) is 2.47. The van der Waals surface area contributed by atoms with E-state index in [2.05, 4.69) is 31.9 Å². The third-order valence-corrected chi connectivity index (χ3v) is 3.96. The summed E-state index contributed by atoms with van der Waals surface area (Å²) >= 11 is 6.65. The Morgan fingerprint density at radius 3 is 2.00 bits per heavy atom. The lowest BCUT2D eigenvalue weighted by atomic mass is 9.97. The maximum atomic E-state index is 11.0. The Labute approximate surface area is 148 Å². The van der Waals surface area contributed by atoms with E-state index < -0.39 is 5.97 Å². The molecule has 0 aliphatic rings. The number of halogens is 2. The zero-order valence-corrected chi connectivity index (χ0v) is 16.0. The fourth-order valence-electron chi connectivity index (χ4n) is 1.68. The minimum atomic E-state index is -0.805. The largest absolute Gasteiger partial charge is 0.481 e. The summed E-state index contributed by atoms with van der Waals surface area (Å²) in [7, 11) is 0. The molecular formula is C16H22Br2O4. The van der Waals surface area contributed by atoms with E-state index in [-0.39, 0.29) is 18.3 Å². The monoisotopic (exact) mass is 436 g/mol. The van der Waals surface area contributed by atoms with Gasteiger partial charge in [-0.2, -0.15) is 0 Å². The van der Waals surface area contributed by atoms with Gasteiger partial charge in [-0.3, -0.25) is 9.59 Å². The molecule has 0 heterocycles. The second-order valence-corrected chi connectivity index (χ2v) is 6.48. The Kier molecular flexibility index (Phi) is 12.1. The fraction of sp³-hybridized carbons (Fsp3) is 0.500. The number of benzene rings is 1. The molecule has 1 N–H and O–H groups in total. The Morgan fingerprint density at radius 1 is 1.14 bits per heavy atom. The number of esters is 1. The molecule has 124 valence electrons. The number of aliphatic carboxylic acids is 1. The smallest absolute Gasteiger partial charge is 0.305 e. The van der Waals surface area contributed by atoms with Crippen LogP contribution in [0.4, 0.5) is 0 Å². The zero-order valence-electron chi connectivity index (χ0n) is 12.9. The van der Waals surface area contributed by atoms with Crippen molar-refractivity contribution in [2.75, 3.05) is 6.61 Å². The van der Waals surface area contributed by atoms with Gasteiger partial charge in [0.2, 0.25) is 0 Å². The van der Waals surface area contributed by atoms with Gasteiger partial charge in [-0.1, -0.05) is 45.2 Å². The van der Waals surface area contributed by atoms with Crippen molar-refractivity contribution in [3.05, 3.63) is 33.2 Å². The van der Waals surface area contributed by atoms with Crippen molar-refractivity contribution in [1.82, 2.24) is 0 Å². The molecule has 1 unspecified atom stereocenters. The van der Waals surface area contributed by atoms with Gasteiger partial charge in [0.25, 0.3) is 0 Å². The molecule has 0 saturated heterocycles. The van der Waals surface area contributed by atoms with E-state index in [4.69, 9.17) is 9.84 Å². The zero-order chi connectivity index (χ0) is 17.0. The highest BCUT2D eigenvalue weighted by Crippen LogP contribution is 2.15. The quantitative estimate of drug-likeness (QED) is 0.606. The van der Waals surface area contributed by atoms with Gasteiger partial charge in [0.1, 0.15) is 0 Å². The third kappa shape index (κ3) is 11.7. The SMILES string of the molecule is Brc1ccc(Br)cc1.CCOC(=O)CCC(CC)CC(=O)O. The van der Waals surface area contributed by atoms with Crippen molar-refractivity contribution < 1.29 is 19.4 Å². The number of carboxylic acids is 1. The summed E-state index contributed by atoms with van der Waals surface area (Å²) in [5.74, 6) is -0.964. The number of carbonyl (C=O) groups is 2. The van der Waals surface area contributed by atoms with Crippen LogP contribution in [-0.4, -0.2) is 23.7 Å². The van der Waals surface area contributed by atoms with Crippen LogP contribution in [0.2, 0.25) is 0 Å². The highest BCUT2D eigenvalue weighted by atomic mass is 79.9. The van der Waals surface area contributed by atoms with Gasteiger partial charge in [-0.15, -0.1) is 0 Å². The summed E-state index contributed by atoms with van der Waals surface area (Å²) < 4.78 is 6.98. The Balaban J connectivity index is 0.000000461. The number of rotatable bonds is 7. The highest BCUT2D eigenvalue weighted by Gasteiger charge is 2.13. The molecule has 1 aromatic carbocycles. The van der Waals surface area contributed by atoms with E-state index in [0.717, 1.165) is 15.4 Å². The van der Waals surface area contributed by atoms with Crippen molar-refractivity contribution >= 4 is 43.8 Å². The van der Waals surface area contributed by atoms with Crippen LogP contribution in [0.15, 0.2) is 33.2 Å². The van der Waals surface area contributed by atoms with Crippen molar-refractivity contribution in [1.29, 1.82) is 0 Å². The molecule has 0 amide bonds. The number of hydrogen-bond donors (Lipinski definition) is 1. The van der Waals surface area contributed by atoms with Crippen LogP contribution < -0.4 is 0 Å². The van der Waals surface area contributed by atoms with E-state index in [1.807, 2.05) is 31.2 Å². The van der Waals surface area contributed by atoms with E-state index in [1.165, 1.54) is 0 Å². The summed E-state index contributed by atoms with van der Waals surface area (Å²) in [4.78, 5) is 21.4. The van der Waals surface area contributed by atoms with Crippen molar-refractivity contribution in [3.63, 3.8) is 0 Å². The molecule has 1 aromatic rings. The van der Waals surface area contributed by atoms with E-state index in [9.17, 15) is 9.59 Å². The van der Waals surface area contributed by atoms with Gasteiger partial charge in [-0.05, 0) is 43.5 Å². The van der Waals surface area contributed by atoms with Crippen LogP contribution in [0, 0.1) is 5.92 Å². The molecule has 1 atom stereocenters. The normalized spacial score (nSPS) is 11.1. The molecule has 0 aliphatic heterocycles. The third-order valence-electron chi connectivity index (χ3n) is 2.91. The predicted molar refractivity (Wildman–Crippen MR) is 93.7 cm³/mol. The minimum Gasteiger partial charge on any atom is -0.481 e. The van der Waals surface area contributed by atoms with Crippen LogP contribution in [0.25, 0.3) is 0 Å². The Bertz CT molecular complexity index is 425. The number of hydrogen-bond acceptors (Lipinski definition) is 3. The van der Waals surface area contributed by atoms with E-state index in [1.54, 1.807) is 6.92 Å². The molecule has 0 bridgehead atoms. The van der Waals surface area contributed by atoms with Gasteiger partial charge in [0, 0.05) is 21.8 Å². The average molecular weight is 438 g/mol. The second-order valence-electron chi connectivity index (χ2n) is 4.65. The number of ether oxygens (including phenoxy) is 1. The first kappa shape index (κ1) is 21.1. The molecular weight excluding hydrogens is 416 g/mol. The summed E-state index contributed by atoms with van der Waals surface area (Å²) in [6, 6.07) is 7.96. The van der Waals surface area contributed by atoms with E-state index in [0.29, 0.717) is 19.4 Å². The van der Waals surface area contributed by atoms with Gasteiger partial charge in [-0.25, -0.2) is 0 Å². The van der Waals surface area contributed by atoms with Gasteiger partial charge >= 0.3 is 11.9 Å². The maximum Gasteiger partial charge on any atom is 0.305 e. The first-order valence-corrected chi connectivity index (χ1v) is 8.76. The summed E-state index contributed by atoms with van der Waals surface area (Å²) in [6.45, 7) is 4.07. The second kappa shape index (κ2) is 12.6. The molecule has 0 saturated carbocycles. The minimum absolute atomic E-state index is 0.0805. The lowest BCUT2D eigenvalue weighted by Gasteiger charge is -2.10. The van der Waals surface area contributed by atoms with Crippen molar-refractivity contribution in [3.8, 4) is 0 Å². The molecule has 0 fully saturated rings. The molecule has 22 heavy (non-hydrogen) atoms. The predicted octanol–water partition coefficient (Wildman–Crippen LogP) is 5.04. The maximum absolute atomic E-state index is 11.0. The molecule has 0 aliphatic carbocycles. The van der Waals surface area contributed by atoms with Crippen LogP contribution in [0.5, 0.6) is 0 Å². The van der Waals surface area contributed by atoms with Crippen molar-refractivity contribution in [2.24, 2.45) is 5.92 Å². The molecule has 0 radical (unpaired) electrons. The molecule has 4 nitrogen and oxygen atoms in total. The Hall–Kier alpha value is -0.880. The topological polar surface area (TPSA) is 63.6 Å². The lowest BCUT2D eigenvalue weighted by Crippen LogP contribution is -2.11. The number of carbonyl (C=O) groups excluding carboxylic acids is 1. The first-order chi connectivity index (χ1) is 10.4. The van der Waals surface area contributed by atoms with Gasteiger partial charge in [0.05, 0.1) is 6.61 Å². The summed E-state index contributed by atoms with van der Waals surface area (Å²) in [5.41, 5.74) is 0. The summed E-state index contributed by atoms with van der Waals surface area (Å²) in [6.07, 6.45) is 1.84. The van der Waals surface area contributed by atoms with Crippen LogP contribution >= 0.6 is 31.9 Å². The van der Waals surface area contributed by atoms with Crippen LogP contribution in [0.3, 0.4) is 0 Å². The fourth-order valence-corrected chi connectivity index (χ4v) is 2.21. The summed E-state index contributed by atoms with van der Waals surface area (Å²) in [5, 5.41) is 8.57. The van der Waals surface area contributed by atoms with E-state index >= 15 is 0 Å². The standard InChI is InChI=1S/C10H18O4.C6H4Br2/c1-3-8(7-9(11)12)5-6-10(13)14-4-2;7-5-1-2-6(8)4-3-5/h8H,3-7H2,1-2H3,(H,11,12);1-4H. The molecule has 0 spiro atoms. The van der Waals surface area contributed by atoms with Gasteiger partial charge < -0.3 is 9.84 Å². The number of carboxylic acid groups (broad SMARTS) is 1.